The van der Waals surface area contributed by atoms with Gasteiger partial charge in [0.2, 0.25) is 0 Å². The minimum atomic E-state index is -0.233. The van der Waals surface area contributed by atoms with Crippen molar-refractivity contribution in [2.24, 2.45) is 0 Å². The van der Waals surface area contributed by atoms with E-state index >= 15 is 0 Å². The van der Waals surface area contributed by atoms with Crippen LogP contribution in [0.4, 0.5) is 5.69 Å². The van der Waals surface area contributed by atoms with Crippen molar-refractivity contribution in [2.45, 2.75) is 6.61 Å². The van der Waals surface area contributed by atoms with Crippen LogP contribution in [0.3, 0.4) is 0 Å². The Kier molecular flexibility index (Phi) is 6.40. The zero-order valence-corrected chi connectivity index (χ0v) is 16.3. The predicted octanol–water partition coefficient (Wildman–Crippen LogP) is 5.19. The molecule has 0 fully saturated rings. The molecule has 0 unspecified atom stereocenters. The van der Waals surface area contributed by atoms with E-state index in [0.717, 1.165) is 5.56 Å². The summed E-state index contributed by atoms with van der Waals surface area (Å²) in [6.45, 7) is 0.228. The molecule has 0 radical (unpaired) electrons. The van der Waals surface area contributed by atoms with Crippen LogP contribution >= 0.6 is 11.6 Å². The second kappa shape index (κ2) is 9.15. The second-order valence-electron chi connectivity index (χ2n) is 5.93. The number of benzene rings is 3. The van der Waals surface area contributed by atoms with Gasteiger partial charge in [-0.1, -0.05) is 23.7 Å². The molecule has 0 spiro atoms. The van der Waals surface area contributed by atoms with Gasteiger partial charge in [-0.15, -0.1) is 0 Å². The van der Waals surface area contributed by atoms with Gasteiger partial charge < -0.3 is 19.5 Å². The van der Waals surface area contributed by atoms with Crippen molar-refractivity contribution in [3.8, 4) is 17.2 Å². The van der Waals surface area contributed by atoms with Gasteiger partial charge in [-0.05, 0) is 54.6 Å². The summed E-state index contributed by atoms with van der Waals surface area (Å²) in [7, 11) is 3.17. The smallest absolute Gasteiger partial charge is 0.255 e. The van der Waals surface area contributed by atoms with Crippen LogP contribution in [-0.4, -0.2) is 20.1 Å². The average Bonchev–Trinajstić information content (AvgIpc) is 2.73. The molecule has 0 aliphatic heterocycles. The van der Waals surface area contributed by atoms with E-state index in [2.05, 4.69) is 5.32 Å². The fourth-order valence-electron chi connectivity index (χ4n) is 2.66. The average molecular weight is 398 g/mol. The lowest BCUT2D eigenvalue weighted by Gasteiger charge is -2.14. The van der Waals surface area contributed by atoms with E-state index in [4.69, 9.17) is 25.8 Å². The Hall–Kier alpha value is -3.18. The van der Waals surface area contributed by atoms with Crippen molar-refractivity contribution in [3.63, 3.8) is 0 Å². The van der Waals surface area contributed by atoms with Gasteiger partial charge >= 0.3 is 0 Å². The summed E-state index contributed by atoms with van der Waals surface area (Å²) in [5.41, 5.74) is 1.91. The first-order chi connectivity index (χ1) is 13.6. The Labute approximate surface area is 168 Å². The van der Waals surface area contributed by atoms with E-state index in [9.17, 15) is 4.79 Å². The van der Waals surface area contributed by atoms with Crippen LogP contribution in [0.25, 0.3) is 0 Å². The number of ether oxygens (including phenoxy) is 3. The summed E-state index contributed by atoms with van der Waals surface area (Å²) >= 11 is 5.88. The van der Waals surface area contributed by atoms with E-state index in [1.807, 2.05) is 24.3 Å². The number of hydrogen-bond donors (Lipinski definition) is 1. The van der Waals surface area contributed by atoms with Gasteiger partial charge in [-0.25, -0.2) is 0 Å². The third-order valence-corrected chi connectivity index (χ3v) is 4.35. The van der Waals surface area contributed by atoms with Crippen LogP contribution in [-0.2, 0) is 6.61 Å². The highest BCUT2D eigenvalue weighted by Crippen LogP contribution is 2.28. The van der Waals surface area contributed by atoms with Crippen LogP contribution in [0.15, 0.2) is 66.7 Å². The number of para-hydroxylation sites is 2. The number of nitrogens with one attached hydrogen (secondary N) is 1. The number of amides is 1. The number of anilines is 1. The zero-order chi connectivity index (χ0) is 19.9. The summed E-state index contributed by atoms with van der Waals surface area (Å²) in [5.74, 6) is 1.66. The number of hydrogen-bond acceptors (Lipinski definition) is 4. The molecule has 144 valence electrons. The van der Waals surface area contributed by atoms with Crippen LogP contribution in [0.1, 0.15) is 15.9 Å². The van der Waals surface area contributed by atoms with Gasteiger partial charge in [0.05, 0.1) is 14.2 Å². The Morgan fingerprint density at radius 3 is 2.25 bits per heavy atom. The molecular formula is C22H20ClNO4. The molecule has 0 aliphatic rings. The Balaban J connectivity index is 1.77. The fraction of sp³-hybridized carbons (Fsp3) is 0.136. The lowest BCUT2D eigenvalue weighted by Crippen LogP contribution is -2.12. The molecule has 0 aliphatic carbocycles. The van der Waals surface area contributed by atoms with Crippen molar-refractivity contribution in [3.05, 3.63) is 82.9 Å². The van der Waals surface area contributed by atoms with E-state index < -0.39 is 0 Å². The fourth-order valence-corrected chi connectivity index (χ4v) is 2.79. The first-order valence-electron chi connectivity index (χ1n) is 8.60. The first kappa shape index (κ1) is 19.6. The van der Waals surface area contributed by atoms with Crippen LogP contribution < -0.4 is 19.5 Å². The topological polar surface area (TPSA) is 56.8 Å². The SMILES string of the molecule is COc1ccc(C(=O)Nc2ccc(Cl)cc2)cc1COc1ccccc1OC. The van der Waals surface area contributed by atoms with E-state index in [-0.39, 0.29) is 12.5 Å². The van der Waals surface area contributed by atoms with Gasteiger partial charge in [0.1, 0.15) is 12.4 Å². The van der Waals surface area contributed by atoms with Crippen molar-refractivity contribution >= 4 is 23.2 Å². The van der Waals surface area contributed by atoms with Gasteiger partial charge in [0.15, 0.2) is 11.5 Å². The molecule has 3 rings (SSSR count). The third kappa shape index (κ3) is 4.75. The monoisotopic (exact) mass is 397 g/mol. The highest BCUT2D eigenvalue weighted by Gasteiger charge is 2.12. The maximum atomic E-state index is 12.6. The summed E-state index contributed by atoms with van der Waals surface area (Å²) in [6.07, 6.45) is 0. The van der Waals surface area contributed by atoms with Crippen molar-refractivity contribution < 1.29 is 19.0 Å². The molecule has 3 aromatic carbocycles. The molecule has 28 heavy (non-hydrogen) atoms. The molecule has 0 heterocycles. The quantitative estimate of drug-likeness (QED) is 0.596. The van der Waals surface area contributed by atoms with Crippen LogP contribution in [0, 0.1) is 0 Å². The summed E-state index contributed by atoms with van der Waals surface area (Å²) in [6, 6.07) is 19.5. The van der Waals surface area contributed by atoms with Crippen LogP contribution in [0.2, 0.25) is 5.02 Å². The predicted molar refractivity (Wildman–Crippen MR) is 110 cm³/mol. The standard InChI is InChI=1S/C22H20ClNO4/c1-26-19-12-7-15(22(25)24-18-10-8-17(23)9-11-18)13-16(19)14-28-21-6-4-3-5-20(21)27-2/h3-13H,14H2,1-2H3,(H,24,25). The number of carbonyl (C=O) groups excluding carboxylic acids is 1. The third-order valence-electron chi connectivity index (χ3n) is 4.10. The molecule has 5 nitrogen and oxygen atoms in total. The van der Waals surface area contributed by atoms with E-state index in [1.165, 1.54) is 0 Å². The van der Waals surface area contributed by atoms with Gasteiger partial charge in [-0.3, -0.25) is 4.79 Å². The summed E-state index contributed by atoms with van der Waals surface area (Å²) in [5, 5.41) is 3.45. The molecule has 0 saturated carbocycles. The Morgan fingerprint density at radius 1 is 0.893 bits per heavy atom. The minimum absolute atomic E-state index is 0.228. The Morgan fingerprint density at radius 2 is 1.57 bits per heavy atom. The molecule has 1 N–H and O–H groups in total. The summed E-state index contributed by atoms with van der Waals surface area (Å²) in [4.78, 5) is 12.6. The zero-order valence-electron chi connectivity index (χ0n) is 15.6. The number of methoxy groups -OCH3 is 2. The number of halogens is 1. The molecule has 0 bridgehead atoms. The lowest BCUT2D eigenvalue weighted by molar-refractivity contribution is 0.102. The molecule has 0 aromatic heterocycles. The largest absolute Gasteiger partial charge is 0.496 e. The van der Waals surface area contributed by atoms with E-state index in [0.29, 0.717) is 33.5 Å². The molecule has 3 aromatic rings. The number of carbonyl (C=O) groups is 1. The number of rotatable bonds is 7. The molecule has 0 saturated heterocycles. The highest BCUT2D eigenvalue weighted by atomic mass is 35.5. The first-order valence-corrected chi connectivity index (χ1v) is 8.98. The minimum Gasteiger partial charge on any atom is -0.496 e. The lowest BCUT2D eigenvalue weighted by atomic mass is 10.1. The molecule has 0 atom stereocenters. The maximum absolute atomic E-state index is 12.6. The van der Waals surface area contributed by atoms with Crippen molar-refractivity contribution in [1.82, 2.24) is 0 Å². The van der Waals surface area contributed by atoms with Gasteiger partial charge in [0.25, 0.3) is 5.91 Å². The highest BCUT2D eigenvalue weighted by molar-refractivity contribution is 6.30. The molecule has 1 amide bonds. The van der Waals surface area contributed by atoms with Gasteiger partial charge in [-0.2, -0.15) is 0 Å². The molecular weight excluding hydrogens is 378 g/mol. The molecule has 6 heteroatoms. The van der Waals surface area contributed by atoms with Crippen molar-refractivity contribution in [1.29, 1.82) is 0 Å². The van der Waals surface area contributed by atoms with Crippen molar-refractivity contribution in [2.75, 3.05) is 19.5 Å². The van der Waals surface area contributed by atoms with E-state index in [1.54, 1.807) is 56.7 Å². The second-order valence-corrected chi connectivity index (χ2v) is 6.36. The normalized spacial score (nSPS) is 10.2. The Bertz CT molecular complexity index is 957. The summed E-state index contributed by atoms with van der Waals surface area (Å²) < 4.78 is 16.6. The maximum Gasteiger partial charge on any atom is 0.255 e. The van der Waals surface area contributed by atoms with Crippen LogP contribution in [0.5, 0.6) is 17.2 Å². The van der Waals surface area contributed by atoms with Gasteiger partial charge in [0, 0.05) is 21.8 Å².